The average Bonchev–Trinajstić information content (AvgIpc) is 2.66. The summed E-state index contributed by atoms with van der Waals surface area (Å²) in [7, 11) is 0. The largest absolute Gasteiger partial charge is 0.389 e. The summed E-state index contributed by atoms with van der Waals surface area (Å²) in [5, 5.41) is 20.7. The topological polar surface area (TPSA) is 75.8 Å². The lowest BCUT2D eigenvalue weighted by Gasteiger charge is -2.22. The molecular weight excluding hydrogens is 248 g/mol. The van der Waals surface area contributed by atoms with Gasteiger partial charge < -0.3 is 14.7 Å². The van der Waals surface area contributed by atoms with E-state index in [4.69, 9.17) is 4.74 Å². The molecule has 19 heavy (non-hydrogen) atoms. The Balaban J connectivity index is 2.35. The molecule has 6 nitrogen and oxygen atoms in total. The van der Waals surface area contributed by atoms with Gasteiger partial charge in [0.05, 0.1) is 17.6 Å². The number of nitro groups is 1. The first kappa shape index (κ1) is 13.8. The van der Waals surface area contributed by atoms with Crippen molar-refractivity contribution in [3.05, 3.63) is 33.9 Å². The second-order valence-corrected chi connectivity index (χ2v) is 4.63. The van der Waals surface area contributed by atoms with E-state index in [9.17, 15) is 15.2 Å². The van der Waals surface area contributed by atoms with E-state index in [1.54, 1.807) is 19.1 Å². The minimum atomic E-state index is -0.708. The van der Waals surface area contributed by atoms with Gasteiger partial charge in [-0.25, -0.2) is 0 Å². The first-order valence-corrected chi connectivity index (χ1v) is 6.38. The molecule has 0 aromatic heterocycles. The molecule has 1 atom stereocenters. The highest BCUT2D eigenvalue weighted by atomic mass is 16.6. The highest BCUT2D eigenvalue weighted by Gasteiger charge is 2.21. The predicted molar refractivity (Wildman–Crippen MR) is 71.4 cm³/mol. The molecule has 1 aliphatic heterocycles. The summed E-state index contributed by atoms with van der Waals surface area (Å²) < 4.78 is 5.36. The van der Waals surface area contributed by atoms with Crippen LogP contribution in [0.4, 0.5) is 11.4 Å². The molecule has 0 aliphatic carbocycles. The van der Waals surface area contributed by atoms with Crippen LogP contribution in [0.25, 0.3) is 0 Å². The maximum atomic E-state index is 11.2. The van der Waals surface area contributed by atoms with Crippen LogP contribution in [-0.2, 0) is 4.74 Å². The molecule has 6 heteroatoms. The number of aliphatic hydroxyl groups is 1. The second-order valence-electron chi connectivity index (χ2n) is 4.63. The van der Waals surface area contributed by atoms with Gasteiger partial charge in [0.2, 0.25) is 0 Å². The van der Waals surface area contributed by atoms with Gasteiger partial charge in [0.1, 0.15) is 5.69 Å². The Morgan fingerprint density at radius 1 is 1.42 bits per heavy atom. The molecule has 1 aliphatic rings. The number of nitrogens with zero attached hydrogens (tertiary/aromatic N) is 2. The fourth-order valence-electron chi connectivity index (χ4n) is 2.20. The van der Waals surface area contributed by atoms with Crippen LogP contribution in [0, 0.1) is 10.1 Å². The zero-order chi connectivity index (χ0) is 13.8. The molecule has 1 heterocycles. The normalized spacial score (nSPS) is 17.9. The van der Waals surface area contributed by atoms with E-state index >= 15 is 0 Å². The first-order chi connectivity index (χ1) is 9.09. The van der Waals surface area contributed by atoms with Gasteiger partial charge in [0.15, 0.2) is 0 Å². The summed E-state index contributed by atoms with van der Waals surface area (Å²) in [4.78, 5) is 12.8. The molecule has 1 saturated heterocycles. The Bertz CT molecular complexity index is 454. The van der Waals surface area contributed by atoms with Crippen LogP contribution in [0.15, 0.2) is 18.2 Å². The number of hydrogen-bond donors (Lipinski definition) is 1. The van der Waals surface area contributed by atoms with Crippen LogP contribution >= 0.6 is 0 Å². The number of aliphatic hydroxyl groups excluding tert-OH is 1. The van der Waals surface area contributed by atoms with E-state index in [1.807, 2.05) is 4.90 Å². The van der Waals surface area contributed by atoms with Gasteiger partial charge in [-0.05, 0) is 25.0 Å². The van der Waals surface area contributed by atoms with Crippen LogP contribution in [0.2, 0.25) is 0 Å². The molecule has 1 N–H and O–H groups in total. The van der Waals surface area contributed by atoms with Crippen molar-refractivity contribution < 1.29 is 14.8 Å². The Kier molecular flexibility index (Phi) is 4.34. The number of nitro benzene ring substituents is 1. The van der Waals surface area contributed by atoms with E-state index in [0.29, 0.717) is 31.0 Å². The molecule has 0 spiro atoms. The van der Waals surface area contributed by atoms with Gasteiger partial charge in [0.25, 0.3) is 5.69 Å². The minimum absolute atomic E-state index is 0.0419. The molecule has 0 radical (unpaired) electrons. The molecule has 1 aromatic carbocycles. The predicted octanol–water partition coefficient (Wildman–Crippen LogP) is 1.87. The van der Waals surface area contributed by atoms with Crippen molar-refractivity contribution in [2.45, 2.75) is 19.4 Å². The maximum absolute atomic E-state index is 11.2. The molecule has 1 fully saturated rings. The van der Waals surface area contributed by atoms with Crippen molar-refractivity contribution in [2.75, 3.05) is 31.2 Å². The number of benzene rings is 1. The van der Waals surface area contributed by atoms with Gasteiger partial charge in [0, 0.05) is 25.8 Å². The van der Waals surface area contributed by atoms with E-state index in [-0.39, 0.29) is 5.69 Å². The van der Waals surface area contributed by atoms with Crippen LogP contribution in [0.1, 0.15) is 25.0 Å². The number of anilines is 1. The van der Waals surface area contributed by atoms with Crippen molar-refractivity contribution in [1.29, 1.82) is 0 Å². The zero-order valence-electron chi connectivity index (χ0n) is 10.9. The second kappa shape index (κ2) is 5.99. The van der Waals surface area contributed by atoms with Crippen LogP contribution in [-0.4, -0.2) is 36.3 Å². The Morgan fingerprint density at radius 2 is 2.21 bits per heavy atom. The summed E-state index contributed by atoms with van der Waals surface area (Å²) in [6, 6.07) is 4.90. The highest BCUT2D eigenvalue weighted by molar-refractivity contribution is 5.64. The Labute approximate surface area is 111 Å². The average molecular weight is 266 g/mol. The monoisotopic (exact) mass is 266 g/mol. The molecule has 0 amide bonds. The van der Waals surface area contributed by atoms with Gasteiger partial charge in [-0.1, -0.05) is 6.07 Å². The smallest absolute Gasteiger partial charge is 0.292 e. The van der Waals surface area contributed by atoms with Crippen molar-refractivity contribution in [1.82, 2.24) is 0 Å². The Hall–Kier alpha value is -1.66. The molecule has 0 bridgehead atoms. The quantitative estimate of drug-likeness (QED) is 0.667. The lowest BCUT2D eigenvalue weighted by Crippen LogP contribution is -2.26. The Morgan fingerprint density at radius 3 is 2.89 bits per heavy atom. The van der Waals surface area contributed by atoms with Crippen molar-refractivity contribution in [3.63, 3.8) is 0 Å². The maximum Gasteiger partial charge on any atom is 0.292 e. The SMILES string of the molecule is CC(O)c1ccc(N2CCCOCC2)c([N+](=O)[O-])c1. The van der Waals surface area contributed by atoms with Crippen LogP contribution < -0.4 is 4.90 Å². The lowest BCUT2D eigenvalue weighted by atomic mass is 10.1. The minimum Gasteiger partial charge on any atom is -0.389 e. The summed E-state index contributed by atoms with van der Waals surface area (Å²) >= 11 is 0. The van der Waals surface area contributed by atoms with Gasteiger partial charge in [-0.3, -0.25) is 10.1 Å². The number of hydrogen-bond acceptors (Lipinski definition) is 5. The first-order valence-electron chi connectivity index (χ1n) is 6.38. The molecule has 104 valence electrons. The third-order valence-corrected chi connectivity index (χ3v) is 3.24. The van der Waals surface area contributed by atoms with E-state index < -0.39 is 11.0 Å². The summed E-state index contributed by atoms with van der Waals surface area (Å²) in [5.74, 6) is 0. The molecule has 1 aromatic rings. The van der Waals surface area contributed by atoms with E-state index in [0.717, 1.165) is 13.0 Å². The number of rotatable bonds is 3. The third-order valence-electron chi connectivity index (χ3n) is 3.24. The van der Waals surface area contributed by atoms with Crippen molar-refractivity contribution in [2.24, 2.45) is 0 Å². The molecule has 2 rings (SSSR count). The van der Waals surface area contributed by atoms with E-state index in [1.165, 1.54) is 6.07 Å². The van der Waals surface area contributed by atoms with Crippen molar-refractivity contribution >= 4 is 11.4 Å². The van der Waals surface area contributed by atoms with Crippen molar-refractivity contribution in [3.8, 4) is 0 Å². The van der Waals surface area contributed by atoms with Gasteiger partial charge in [-0.15, -0.1) is 0 Å². The summed E-state index contributed by atoms with van der Waals surface area (Å²) in [6.07, 6.45) is 0.148. The molecule has 1 unspecified atom stereocenters. The third kappa shape index (κ3) is 3.21. The fraction of sp³-hybridized carbons (Fsp3) is 0.538. The van der Waals surface area contributed by atoms with E-state index in [2.05, 4.69) is 0 Å². The zero-order valence-corrected chi connectivity index (χ0v) is 10.9. The lowest BCUT2D eigenvalue weighted by molar-refractivity contribution is -0.384. The van der Waals surface area contributed by atoms with Crippen LogP contribution in [0.3, 0.4) is 0 Å². The van der Waals surface area contributed by atoms with Gasteiger partial charge in [-0.2, -0.15) is 0 Å². The standard InChI is InChI=1S/C13H18N2O4/c1-10(16)11-3-4-12(13(9-11)15(17)18)14-5-2-7-19-8-6-14/h3-4,9-10,16H,2,5-8H2,1H3. The van der Waals surface area contributed by atoms with Gasteiger partial charge >= 0.3 is 0 Å². The van der Waals surface area contributed by atoms with Crippen LogP contribution in [0.5, 0.6) is 0 Å². The molecule has 0 saturated carbocycles. The highest BCUT2D eigenvalue weighted by Crippen LogP contribution is 2.31. The molecular formula is C13H18N2O4. The fourth-order valence-corrected chi connectivity index (χ4v) is 2.20. The number of ether oxygens (including phenoxy) is 1. The summed E-state index contributed by atoms with van der Waals surface area (Å²) in [6.45, 7) is 4.26. The summed E-state index contributed by atoms with van der Waals surface area (Å²) in [5.41, 5.74) is 1.20.